The van der Waals surface area contributed by atoms with Crippen molar-refractivity contribution in [1.82, 2.24) is 30.6 Å². The molecule has 3 heterocycles. The Kier molecular flexibility index (Phi) is 6.47. The molecule has 1 aliphatic rings. The van der Waals surface area contributed by atoms with Crippen molar-refractivity contribution >= 4 is 5.91 Å². The van der Waals surface area contributed by atoms with Crippen LogP contribution in [-0.4, -0.2) is 45.0 Å². The minimum Gasteiger partial charge on any atom is -0.419 e. The van der Waals surface area contributed by atoms with Crippen molar-refractivity contribution in [2.75, 3.05) is 13.1 Å². The highest BCUT2D eigenvalue weighted by atomic mass is 19.4. The molecule has 0 spiro atoms. The van der Waals surface area contributed by atoms with Crippen LogP contribution in [0.5, 0.6) is 0 Å². The molecular weight excluding hydrogens is 439 g/mol. The minimum atomic E-state index is -4.65. The molecule has 0 bridgehead atoms. The van der Waals surface area contributed by atoms with E-state index in [4.69, 9.17) is 10.2 Å². The number of alkyl halides is 3. The molecule has 2 atom stereocenters. The average Bonchev–Trinajstić information content (AvgIpc) is 3.45. The fourth-order valence-electron chi connectivity index (χ4n) is 3.58. The smallest absolute Gasteiger partial charge is 0.419 e. The third-order valence-corrected chi connectivity index (χ3v) is 5.34. The summed E-state index contributed by atoms with van der Waals surface area (Å²) in [5.74, 6) is 0.00516. The van der Waals surface area contributed by atoms with Gasteiger partial charge in [0.2, 0.25) is 11.8 Å². The lowest BCUT2D eigenvalue weighted by atomic mass is 10.00. The second kappa shape index (κ2) is 9.32. The number of nitrogens with one attached hydrogen (secondary N) is 2. The molecule has 0 radical (unpaired) electrons. The molecule has 176 valence electrons. The summed E-state index contributed by atoms with van der Waals surface area (Å²) in [6.07, 6.45) is -2.85. The summed E-state index contributed by atoms with van der Waals surface area (Å²) in [5.41, 5.74) is 5.51. The summed E-state index contributed by atoms with van der Waals surface area (Å²) in [5, 5.41) is 17.7. The maximum atomic E-state index is 13.5. The zero-order chi connectivity index (χ0) is 23.6. The van der Waals surface area contributed by atoms with Crippen LogP contribution in [0.25, 0.3) is 17.3 Å². The van der Waals surface area contributed by atoms with Crippen molar-refractivity contribution < 1.29 is 22.4 Å². The number of piperidine rings is 1. The highest BCUT2D eigenvalue weighted by Gasteiger charge is 2.36. The summed E-state index contributed by atoms with van der Waals surface area (Å²) in [4.78, 5) is 11.7. The maximum Gasteiger partial charge on any atom is 0.435 e. The fourth-order valence-corrected chi connectivity index (χ4v) is 3.58. The van der Waals surface area contributed by atoms with E-state index in [0.717, 1.165) is 30.1 Å². The van der Waals surface area contributed by atoms with E-state index in [9.17, 15) is 18.0 Å². The van der Waals surface area contributed by atoms with Crippen LogP contribution in [0, 0.1) is 0 Å². The standard InChI is InChI=1S/C21H24F3N7O2/c1-12(25)18(32)27-10-13-4-2-6-15(8-13)31-16(9-17(30-31)21(22,23)24)20-29-28-19(33-20)14-5-3-7-26-11-14/h2,4,6,8-9,12,14,26H,3,5,7,10-11,25H2,1H3,(H,27,32)/t12-,14?/m0/s1. The van der Waals surface area contributed by atoms with Crippen LogP contribution in [0.15, 0.2) is 34.7 Å². The first-order valence-electron chi connectivity index (χ1n) is 10.6. The quantitative estimate of drug-likeness (QED) is 0.513. The zero-order valence-electron chi connectivity index (χ0n) is 17.9. The molecule has 0 aliphatic carbocycles. The lowest BCUT2D eigenvalue weighted by Gasteiger charge is -2.18. The predicted octanol–water partition coefficient (Wildman–Crippen LogP) is 2.37. The van der Waals surface area contributed by atoms with Gasteiger partial charge < -0.3 is 20.8 Å². The van der Waals surface area contributed by atoms with Gasteiger partial charge in [0, 0.05) is 25.1 Å². The predicted molar refractivity (Wildman–Crippen MR) is 112 cm³/mol. The monoisotopic (exact) mass is 463 g/mol. The molecule has 33 heavy (non-hydrogen) atoms. The van der Waals surface area contributed by atoms with Gasteiger partial charge in [0.25, 0.3) is 5.89 Å². The van der Waals surface area contributed by atoms with E-state index in [0.29, 0.717) is 23.7 Å². The normalized spacial score (nSPS) is 17.7. The van der Waals surface area contributed by atoms with Gasteiger partial charge in [-0.2, -0.15) is 18.3 Å². The number of benzene rings is 1. The number of rotatable bonds is 6. The zero-order valence-corrected chi connectivity index (χ0v) is 17.9. The van der Waals surface area contributed by atoms with Crippen molar-refractivity contribution in [1.29, 1.82) is 0 Å². The van der Waals surface area contributed by atoms with E-state index in [-0.39, 0.29) is 30.0 Å². The minimum absolute atomic E-state index is 0.00957. The van der Waals surface area contributed by atoms with E-state index >= 15 is 0 Å². The Labute approximate surface area is 187 Å². The van der Waals surface area contributed by atoms with Crippen molar-refractivity contribution in [3.05, 3.63) is 47.5 Å². The topological polar surface area (TPSA) is 124 Å². The van der Waals surface area contributed by atoms with Crippen molar-refractivity contribution in [2.24, 2.45) is 5.73 Å². The Morgan fingerprint density at radius 1 is 1.36 bits per heavy atom. The first-order valence-corrected chi connectivity index (χ1v) is 10.6. The number of hydrogen-bond acceptors (Lipinski definition) is 7. The summed E-state index contributed by atoms with van der Waals surface area (Å²) < 4.78 is 47.3. The molecule has 12 heteroatoms. The summed E-state index contributed by atoms with van der Waals surface area (Å²) in [6, 6.07) is 6.84. The lowest BCUT2D eigenvalue weighted by molar-refractivity contribution is -0.141. The van der Waals surface area contributed by atoms with Crippen LogP contribution >= 0.6 is 0 Å². The van der Waals surface area contributed by atoms with E-state index in [1.165, 1.54) is 0 Å². The van der Waals surface area contributed by atoms with Gasteiger partial charge in [0.1, 0.15) is 5.69 Å². The van der Waals surface area contributed by atoms with E-state index in [2.05, 4.69) is 25.9 Å². The number of carbonyl (C=O) groups is 1. The van der Waals surface area contributed by atoms with Crippen molar-refractivity contribution in [2.45, 2.75) is 44.4 Å². The summed E-state index contributed by atoms with van der Waals surface area (Å²) in [7, 11) is 0. The van der Waals surface area contributed by atoms with E-state index in [1.54, 1.807) is 31.2 Å². The molecule has 1 unspecified atom stereocenters. The van der Waals surface area contributed by atoms with Gasteiger partial charge in [-0.3, -0.25) is 4.79 Å². The van der Waals surface area contributed by atoms with Gasteiger partial charge in [-0.05, 0) is 44.0 Å². The Hall–Kier alpha value is -3.25. The number of nitrogens with two attached hydrogens (primary N) is 1. The molecule has 1 amide bonds. The molecule has 0 saturated carbocycles. The molecule has 4 rings (SSSR count). The molecule has 4 N–H and O–H groups in total. The summed E-state index contributed by atoms with van der Waals surface area (Å²) in [6.45, 7) is 3.29. The Bertz CT molecular complexity index is 1120. The molecule has 3 aromatic rings. The van der Waals surface area contributed by atoms with Gasteiger partial charge in [-0.25, -0.2) is 4.68 Å². The number of carbonyl (C=O) groups excluding carboxylic acids is 1. The van der Waals surface area contributed by atoms with Gasteiger partial charge in [0.05, 0.1) is 11.7 Å². The number of amides is 1. The molecular formula is C21H24F3N7O2. The SMILES string of the molecule is C[C@H](N)C(=O)NCc1cccc(-n2nc(C(F)(F)F)cc2-c2nnc(C3CCCNC3)o2)c1. The highest BCUT2D eigenvalue weighted by Crippen LogP contribution is 2.34. The van der Waals surface area contributed by atoms with Gasteiger partial charge in [-0.1, -0.05) is 12.1 Å². The van der Waals surface area contributed by atoms with Crippen LogP contribution < -0.4 is 16.4 Å². The molecule has 2 aromatic heterocycles. The highest BCUT2D eigenvalue weighted by molar-refractivity contribution is 5.80. The maximum absolute atomic E-state index is 13.5. The number of hydrogen-bond donors (Lipinski definition) is 3. The van der Waals surface area contributed by atoms with Crippen LogP contribution in [0.1, 0.15) is 42.8 Å². The van der Waals surface area contributed by atoms with Gasteiger partial charge in [-0.15, -0.1) is 10.2 Å². The number of halogens is 3. The van der Waals surface area contributed by atoms with Gasteiger partial charge in [0.15, 0.2) is 5.69 Å². The largest absolute Gasteiger partial charge is 0.435 e. The van der Waals surface area contributed by atoms with Crippen LogP contribution in [0.4, 0.5) is 13.2 Å². The van der Waals surface area contributed by atoms with Crippen molar-refractivity contribution in [3.8, 4) is 17.3 Å². The third-order valence-electron chi connectivity index (χ3n) is 5.34. The second-order valence-electron chi connectivity index (χ2n) is 7.99. The Morgan fingerprint density at radius 2 is 2.18 bits per heavy atom. The molecule has 1 aliphatic heterocycles. The first-order chi connectivity index (χ1) is 15.7. The van der Waals surface area contributed by atoms with E-state index < -0.39 is 17.9 Å². The molecule has 9 nitrogen and oxygen atoms in total. The lowest BCUT2D eigenvalue weighted by Crippen LogP contribution is -2.37. The average molecular weight is 463 g/mol. The van der Waals surface area contributed by atoms with Gasteiger partial charge >= 0.3 is 6.18 Å². The first kappa shape index (κ1) is 22.9. The summed E-state index contributed by atoms with van der Waals surface area (Å²) >= 11 is 0. The van der Waals surface area contributed by atoms with E-state index in [1.807, 2.05) is 0 Å². The van der Waals surface area contributed by atoms with Crippen molar-refractivity contribution in [3.63, 3.8) is 0 Å². The second-order valence-corrected chi connectivity index (χ2v) is 7.99. The van der Waals surface area contributed by atoms with Crippen LogP contribution in [-0.2, 0) is 17.5 Å². The Morgan fingerprint density at radius 3 is 2.88 bits per heavy atom. The molecule has 1 fully saturated rings. The fraction of sp³-hybridized carbons (Fsp3) is 0.429. The van der Waals surface area contributed by atoms with Crippen LogP contribution in [0.2, 0.25) is 0 Å². The Balaban J connectivity index is 1.67. The third kappa shape index (κ3) is 5.22. The number of nitrogens with zero attached hydrogens (tertiary/aromatic N) is 4. The van der Waals surface area contributed by atoms with Crippen LogP contribution in [0.3, 0.4) is 0 Å². The number of aromatic nitrogens is 4. The molecule has 1 saturated heterocycles. The molecule has 1 aromatic carbocycles.